The molecule has 0 saturated carbocycles. The van der Waals surface area contributed by atoms with Gasteiger partial charge in [0.15, 0.2) is 5.69 Å². The van der Waals surface area contributed by atoms with Crippen LogP contribution in [0.2, 0.25) is 15.1 Å². The Hall–Kier alpha value is -2.34. The minimum atomic E-state index is -0.466. The monoisotopic (exact) mass is 393 g/mol. The van der Waals surface area contributed by atoms with E-state index in [9.17, 15) is 9.59 Å². The molecule has 5 nitrogen and oxygen atoms in total. The topological polar surface area (TPSA) is 64.0 Å². The average Bonchev–Trinajstić information content (AvgIpc) is 3.06. The maximum Gasteiger partial charge on any atom is 0.279 e. The fraction of sp³-hybridized carbons (Fsp3) is 0. The van der Waals surface area contributed by atoms with Crippen molar-refractivity contribution in [3.05, 3.63) is 81.1 Å². The highest BCUT2D eigenvalue weighted by Crippen LogP contribution is 2.22. The average molecular weight is 395 g/mol. The second-order valence-corrected chi connectivity index (χ2v) is 6.32. The predicted molar refractivity (Wildman–Crippen MR) is 97.8 cm³/mol. The molecule has 1 N–H and O–H groups in total. The predicted octanol–water partition coefficient (Wildman–Crippen LogP) is 4.78. The summed E-state index contributed by atoms with van der Waals surface area (Å²) in [6.45, 7) is 0. The molecule has 25 heavy (non-hydrogen) atoms. The number of anilines is 1. The van der Waals surface area contributed by atoms with Crippen molar-refractivity contribution in [1.29, 1.82) is 0 Å². The third-order valence-electron chi connectivity index (χ3n) is 3.29. The first kappa shape index (κ1) is 17.5. The van der Waals surface area contributed by atoms with Crippen LogP contribution in [0.1, 0.15) is 20.8 Å². The molecule has 0 radical (unpaired) electrons. The van der Waals surface area contributed by atoms with Crippen LogP contribution in [0.5, 0.6) is 0 Å². The van der Waals surface area contributed by atoms with Crippen LogP contribution in [0.15, 0.2) is 54.7 Å². The van der Waals surface area contributed by atoms with E-state index in [0.717, 1.165) is 4.68 Å². The quantitative estimate of drug-likeness (QED) is 0.695. The first-order chi connectivity index (χ1) is 11.9. The Labute approximate surface area is 158 Å². The zero-order valence-corrected chi connectivity index (χ0v) is 14.8. The summed E-state index contributed by atoms with van der Waals surface area (Å²) < 4.78 is 1.05. The lowest BCUT2D eigenvalue weighted by atomic mass is 10.2. The van der Waals surface area contributed by atoms with Gasteiger partial charge < -0.3 is 5.32 Å². The Kier molecular flexibility index (Phi) is 5.08. The lowest BCUT2D eigenvalue weighted by Crippen LogP contribution is -2.17. The smallest absolute Gasteiger partial charge is 0.279 e. The number of halogens is 3. The Morgan fingerprint density at radius 3 is 2.28 bits per heavy atom. The maximum atomic E-state index is 12.4. The van der Waals surface area contributed by atoms with Gasteiger partial charge in [-0.05, 0) is 48.5 Å². The van der Waals surface area contributed by atoms with E-state index in [1.165, 1.54) is 24.4 Å². The van der Waals surface area contributed by atoms with Crippen LogP contribution in [0.25, 0.3) is 0 Å². The van der Waals surface area contributed by atoms with Crippen LogP contribution in [-0.2, 0) is 0 Å². The maximum absolute atomic E-state index is 12.4. The van der Waals surface area contributed by atoms with Crippen LogP contribution in [-0.4, -0.2) is 21.6 Å². The summed E-state index contributed by atoms with van der Waals surface area (Å²) >= 11 is 17.6. The zero-order valence-electron chi connectivity index (χ0n) is 12.5. The van der Waals surface area contributed by atoms with Crippen molar-refractivity contribution in [2.75, 3.05) is 5.32 Å². The molecule has 1 aromatic heterocycles. The Balaban J connectivity index is 1.78. The molecule has 0 fully saturated rings. The summed E-state index contributed by atoms with van der Waals surface area (Å²) in [6.07, 6.45) is 1.39. The van der Waals surface area contributed by atoms with E-state index in [0.29, 0.717) is 15.7 Å². The Morgan fingerprint density at radius 2 is 1.60 bits per heavy atom. The largest absolute Gasteiger partial charge is 0.321 e. The summed E-state index contributed by atoms with van der Waals surface area (Å²) in [5.74, 6) is -0.914. The molecule has 126 valence electrons. The molecule has 0 unspecified atom stereocenters. The van der Waals surface area contributed by atoms with Crippen molar-refractivity contribution < 1.29 is 9.59 Å². The van der Waals surface area contributed by atoms with Gasteiger partial charge in [0, 0.05) is 21.9 Å². The van der Waals surface area contributed by atoms with Gasteiger partial charge in [-0.15, -0.1) is 0 Å². The van der Waals surface area contributed by atoms with Gasteiger partial charge in [0.25, 0.3) is 11.8 Å². The molecule has 0 aliphatic carbocycles. The summed E-state index contributed by atoms with van der Waals surface area (Å²) in [4.78, 5) is 24.6. The van der Waals surface area contributed by atoms with E-state index in [-0.39, 0.29) is 16.3 Å². The number of aromatic nitrogens is 2. The first-order valence-corrected chi connectivity index (χ1v) is 8.20. The molecular formula is C17H10Cl3N3O2. The molecule has 0 aliphatic rings. The standard InChI is InChI=1S/C17H10Cl3N3O2/c18-10-1-4-12(5-2-10)21-16(24)15-7-8-23(22-15)17(25)13-6-3-11(19)9-14(13)20/h1-9H,(H,21,24). The molecule has 0 aliphatic heterocycles. The third kappa shape index (κ3) is 4.02. The number of carbonyl (C=O) groups is 2. The van der Waals surface area contributed by atoms with Crippen molar-refractivity contribution in [2.24, 2.45) is 0 Å². The van der Waals surface area contributed by atoms with E-state index < -0.39 is 11.8 Å². The van der Waals surface area contributed by atoms with E-state index in [1.807, 2.05) is 0 Å². The SMILES string of the molecule is O=C(Nc1ccc(Cl)cc1)c1ccn(C(=O)c2ccc(Cl)cc2Cl)n1. The molecule has 0 saturated heterocycles. The molecular weight excluding hydrogens is 385 g/mol. The molecule has 0 bridgehead atoms. The molecule has 2 aromatic carbocycles. The van der Waals surface area contributed by atoms with Crippen LogP contribution < -0.4 is 5.32 Å². The summed E-state index contributed by atoms with van der Waals surface area (Å²) in [5.41, 5.74) is 0.892. The van der Waals surface area contributed by atoms with Gasteiger partial charge in [0.2, 0.25) is 0 Å². The number of hydrogen-bond acceptors (Lipinski definition) is 3. The minimum Gasteiger partial charge on any atom is -0.321 e. The molecule has 3 rings (SSSR count). The lowest BCUT2D eigenvalue weighted by Gasteiger charge is -2.04. The molecule has 1 amide bonds. The number of nitrogens with zero attached hydrogens (tertiary/aromatic N) is 2. The highest BCUT2D eigenvalue weighted by atomic mass is 35.5. The van der Waals surface area contributed by atoms with Crippen molar-refractivity contribution >= 4 is 52.3 Å². The van der Waals surface area contributed by atoms with Crippen LogP contribution in [0.4, 0.5) is 5.69 Å². The van der Waals surface area contributed by atoms with Crippen molar-refractivity contribution in [3.63, 3.8) is 0 Å². The van der Waals surface area contributed by atoms with E-state index in [4.69, 9.17) is 34.8 Å². The Morgan fingerprint density at radius 1 is 0.920 bits per heavy atom. The van der Waals surface area contributed by atoms with Gasteiger partial charge in [-0.2, -0.15) is 5.10 Å². The van der Waals surface area contributed by atoms with Crippen LogP contribution in [0.3, 0.4) is 0 Å². The van der Waals surface area contributed by atoms with E-state index in [1.54, 1.807) is 30.3 Å². The molecule has 0 spiro atoms. The fourth-order valence-corrected chi connectivity index (χ4v) is 2.69. The first-order valence-electron chi connectivity index (χ1n) is 7.06. The number of nitrogens with one attached hydrogen (secondary N) is 1. The van der Waals surface area contributed by atoms with Gasteiger partial charge in [0.05, 0.1) is 10.6 Å². The normalized spacial score (nSPS) is 10.5. The second-order valence-electron chi connectivity index (χ2n) is 5.04. The van der Waals surface area contributed by atoms with E-state index in [2.05, 4.69) is 10.4 Å². The minimum absolute atomic E-state index is 0.0911. The molecule has 3 aromatic rings. The molecule has 1 heterocycles. The molecule has 0 atom stereocenters. The van der Waals surface area contributed by atoms with Gasteiger partial charge in [0.1, 0.15) is 0 Å². The van der Waals surface area contributed by atoms with Crippen LogP contribution >= 0.6 is 34.8 Å². The van der Waals surface area contributed by atoms with Gasteiger partial charge in [-0.25, -0.2) is 4.68 Å². The van der Waals surface area contributed by atoms with Gasteiger partial charge in [-0.1, -0.05) is 34.8 Å². The fourth-order valence-electron chi connectivity index (χ4n) is 2.07. The second kappa shape index (κ2) is 7.27. The number of rotatable bonds is 3. The lowest BCUT2D eigenvalue weighted by molar-refractivity contribution is 0.0944. The number of benzene rings is 2. The summed E-state index contributed by atoms with van der Waals surface area (Å²) in [7, 11) is 0. The van der Waals surface area contributed by atoms with Gasteiger partial charge >= 0.3 is 0 Å². The van der Waals surface area contributed by atoms with Crippen molar-refractivity contribution in [1.82, 2.24) is 9.78 Å². The van der Waals surface area contributed by atoms with E-state index >= 15 is 0 Å². The number of carbonyl (C=O) groups excluding carboxylic acids is 2. The number of amides is 1. The highest BCUT2D eigenvalue weighted by molar-refractivity contribution is 6.36. The summed E-state index contributed by atoms with van der Waals surface area (Å²) in [5, 5.41) is 7.86. The van der Waals surface area contributed by atoms with Crippen molar-refractivity contribution in [3.8, 4) is 0 Å². The number of hydrogen-bond donors (Lipinski definition) is 1. The van der Waals surface area contributed by atoms with Crippen LogP contribution in [0, 0.1) is 0 Å². The van der Waals surface area contributed by atoms with Gasteiger partial charge in [-0.3, -0.25) is 9.59 Å². The Bertz CT molecular complexity index is 952. The van der Waals surface area contributed by atoms with Crippen molar-refractivity contribution in [2.45, 2.75) is 0 Å². The highest BCUT2D eigenvalue weighted by Gasteiger charge is 2.17. The third-order valence-corrected chi connectivity index (χ3v) is 4.09. The zero-order chi connectivity index (χ0) is 18.0. The summed E-state index contributed by atoms with van der Waals surface area (Å²) in [6, 6.07) is 12.6. The molecule has 8 heteroatoms.